The van der Waals surface area contributed by atoms with Gasteiger partial charge in [-0.1, -0.05) is 24.8 Å². The quantitative estimate of drug-likeness (QED) is 0.641. The zero-order chi connectivity index (χ0) is 10.6. The van der Waals surface area contributed by atoms with Crippen molar-refractivity contribution in [2.24, 2.45) is 17.4 Å². The predicted molar refractivity (Wildman–Crippen MR) is 57.5 cm³/mol. The topological polar surface area (TPSA) is 52.0 Å². The summed E-state index contributed by atoms with van der Waals surface area (Å²) >= 11 is -0.472. The van der Waals surface area contributed by atoms with Gasteiger partial charge in [0.1, 0.15) is 0 Å². The molecular formula is C9H17Cl2N2Pt-. The van der Waals surface area contributed by atoms with E-state index < -0.39 is 16.5 Å². The first-order valence-electron chi connectivity index (χ1n) is 4.82. The van der Waals surface area contributed by atoms with Crippen LogP contribution >= 0.6 is 18.8 Å². The van der Waals surface area contributed by atoms with Crippen LogP contribution in [0.4, 0.5) is 0 Å². The van der Waals surface area contributed by atoms with E-state index in [1.807, 2.05) is 0 Å². The van der Waals surface area contributed by atoms with Crippen molar-refractivity contribution in [3.63, 3.8) is 0 Å². The molecule has 3 aliphatic rings. The normalized spacial score (nSPS) is 36.7. The molecule has 4 N–H and O–H groups in total. The van der Waals surface area contributed by atoms with Crippen molar-refractivity contribution in [1.29, 1.82) is 0 Å². The summed E-state index contributed by atoms with van der Waals surface area (Å²) in [6.07, 6.45) is 6.39. The second-order valence-corrected chi connectivity index (χ2v) is 7.44. The van der Waals surface area contributed by atoms with Gasteiger partial charge in [-0.25, -0.2) is 0 Å². The summed E-state index contributed by atoms with van der Waals surface area (Å²) in [5.41, 5.74) is 11.8. The van der Waals surface area contributed by atoms with Crippen LogP contribution < -0.4 is 11.5 Å². The maximum atomic E-state index is 6.18. The summed E-state index contributed by atoms with van der Waals surface area (Å²) < 4.78 is 0. The summed E-state index contributed by atoms with van der Waals surface area (Å²) in [6.45, 7) is 0.652. The molecule has 0 aromatic carbocycles. The molecule has 3 aliphatic carbocycles. The summed E-state index contributed by atoms with van der Waals surface area (Å²) in [5.74, 6) is 2.42. The number of fused-ring (bicyclic) bond motifs is 3. The molecule has 0 radical (unpaired) electrons. The summed E-state index contributed by atoms with van der Waals surface area (Å²) in [5, 5.41) is 0. The first-order chi connectivity index (χ1) is 6.66. The molecule has 14 heavy (non-hydrogen) atoms. The van der Waals surface area contributed by atoms with Gasteiger partial charge in [0, 0.05) is 0 Å². The van der Waals surface area contributed by atoms with Crippen molar-refractivity contribution < 1.29 is 16.5 Å². The molecule has 0 spiro atoms. The molecule has 0 amide bonds. The zero-order valence-corrected chi connectivity index (χ0v) is 11.8. The van der Waals surface area contributed by atoms with Gasteiger partial charge in [0.05, 0.1) is 0 Å². The molecule has 0 aromatic heterocycles. The SMILES string of the molecule is NCC1(N)CC2CC[C-]1CC2.[Cl][Pt][Cl]. The maximum absolute atomic E-state index is 6.18. The van der Waals surface area contributed by atoms with Gasteiger partial charge in [-0.2, -0.15) is 12.8 Å². The first-order valence-corrected chi connectivity index (χ1v) is 10.5. The van der Waals surface area contributed by atoms with E-state index in [-0.39, 0.29) is 5.54 Å². The minimum absolute atomic E-state index is 0.0683. The molecule has 0 aliphatic heterocycles. The minimum atomic E-state index is -0.472. The average Bonchev–Trinajstić information content (AvgIpc) is 2.20. The molecule has 1 atom stereocenters. The van der Waals surface area contributed by atoms with Gasteiger partial charge in [-0.15, -0.1) is 0 Å². The summed E-state index contributed by atoms with van der Waals surface area (Å²) in [4.78, 5) is 0. The van der Waals surface area contributed by atoms with E-state index in [9.17, 15) is 0 Å². The second kappa shape index (κ2) is 6.05. The Kier molecular flexibility index (Phi) is 5.73. The molecule has 0 heterocycles. The van der Waals surface area contributed by atoms with E-state index in [0.717, 1.165) is 12.3 Å². The Labute approximate surface area is 102 Å². The molecule has 3 rings (SSSR count). The van der Waals surface area contributed by atoms with Crippen molar-refractivity contribution in [2.45, 2.75) is 37.6 Å². The van der Waals surface area contributed by atoms with Gasteiger partial charge in [0.2, 0.25) is 0 Å². The van der Waals surface area contributed by atoms with Gasteiger partial charge in [0.15, 0.2) is 0 Å². The van der Waals surface area contributed by atoms with Crippen LogP contribution in [0.1, 0.15) is 32.1 Å². The molecule has 0 saturated heterocycles. The summed E-state index contributed by atoms with van der Waals surface area (Å²) in [6, 6.07) is 0. The summed E-state index contributed by atoms with van der Waals surface area (Å²) in [7, 11) is 9.75. The Balaban J connectivity index is 0.000000293. The van der Waals surface area contributed by atoms with Gasteiger partial charge < -0.3 is 11.5 Å². The van der Waals surface area contributed by atoms with Crippen molar-refractivity contribution in [3.8, 4) is 0 Å². The number of nitrogens with two attached hydrogens (primary N) is 2. The van der Waals surface area contributed by atoms with E-state index in [1.54, 1.807) is 5.92 Å². The van der Waals surface area contributed by atoms with Crippen LogP contribution in [0.15, 0.2) is 0 Å². The van der Waals surface area contributed by atoms with Crippen LogP contribution in [-0.2, 0) is 16.5 Å². The Bertz CT molecular complexity index is 174. The van der Waals surface area contributed by atoms with Crippen molar-refractivity contribution in [3.05, 3.63) is 5.92 Å². The van der Waals surface area contributed by atoms with Crippen LogP contribution in [0, 0.1) is 11.8 Å². The van der Waals surface area contributed by atoms with Crippen LogP contribution in [0.5, 0.6) is 0 Å². The van der Waals surface area contributed by atoms with Crippen molar-refractivity contribution in [1.82, 2.24) is 0 Å². The van der Waals surface area contributed by atoms with E-state index in [2.05, 4.69) is 0 Å². The number of rotatable bonds is 1. The standard InChI is InChI=1S/C9H17N2.2ClH.Pt/c10-6-9(11)5-7-1-3-8(9)4-2-7;;;/h7H,1-6,10-11H2;2*1H;/q-1;;;+2/p-2. The molecule has 3 fully saturated rings. The van der Waals surface area contributed by atoms with Crippen LogP contribution in [-0.4, -0.2) is 12.1 Å². The Morgan fingerprint density at radius 1 is 1.36 bits per heavy atom. The van der Waals surface area contributed by atoms with Crippen molar-refractivity contribution >= 4 is 18.8 Å². The fraction of sp³-hybridized carbons (Fsp3) is 0.889. The third-order valence-electron chi connectivity index (χ3n) is 3.43. The van der Waals surface area contributed by atoms with Gasteiger partial charge >= 0.3 is 35.3 Å². The van der Waals surface area contributed by atoms with Crippen LogP contribution in [0.25, 0.3) is 0 Å². The molecular weight excluding hydrogens is 402 g/mol. The van der Waals surface area contributed by atoms with Gasteiger partial charge in [-0.05, 0) is 12.5 Å². The first kappa shape index (κ1) is 13.3. The molecule has 2 bridgehead atoms. The monoisotopic (exact) mass is 418 g/mol. The van der Waals surface area contributed by atoms with E-state index in [0.29, 0.717) is 6.54 Å². The van der Waals surface area contributed by atoms with E-state index >= 15 is 0 Å². The second-order valence-electron chi connectivity index (χ2n) is 4.16. The molecule has 2 nitrogen and oxygen atoms in total. The number of halogens is 2. The zero-order valence-electron chi connectivity index (χ0n) is 8.05. The Hall–Kier alpha value is 1.19. The van der Waals surface area contributed by atoms with Gasteiger partial charge in [-0.3, -0.25) is 5.92 Å². The van der Waals surface area contributed by atoms with Crippen LogP contribution in [0.2, 0.25) is 0 Å². The Morgan fingerprint density at radius 2 is 1.86 bits per heavy atom. The average molecular weight is 419 g/mol. The number of hydrogen-bond acceptors (Lipinski definition) is 2. The Morgan fingerprint density at radius 3 is 2.07 bits per heavy atom. The van der Waals surface area contributed by atoms with E-state index in [1.165, 1.54) is 25.7 Å². The number of hydrogen-bond donors (Lipinski definition) is 2. The molecule has 88 valence electrons. The molecule has 1 unspecified atom stereocenters. The van der Waals surface area contributed by atoms with Crippen molar-refractivity contribution in [2.75, 3.05) is 6.54 Å². The van der Waals surface area contributed by atoms with Crippen LogP contribution in [0.3, 0.4) is 0 Å². The van der Waals surface area contributed by atoms with Gasteiger partial charge in [0.25, 0.3) is 0 Å². The fourth-order valence-corrected chi connectivity index (χ4v) is 2.62. The fourth-order valence-electron chi connectivity index (χ4n) is 2.62. The third kappa shape index (κ3) is 3.09. The van der Waals surface area contributed by atoms with E-state index in [4.69, 9.17) is 30.3 Å². The third-order valence-corrected chi connectivity index (χ3v) is 3.43. The molecule has 0 aromatic rings. The molecule has 3 saturated carbocycles. The molecule has 5 heteroatoms. The predicted octanol–water partition coefficient (Wildman–Crippen LogP) is 2.19.